The average molecular weight is 355 g/mol. The van der Waals surface area contributed by atoms with Gasteiger partial charge in [-0.1, -0.05) is 6.07 Å². The Morgan fingerprint density at radius 3 is 2.76 bits per heavy atom. The second kappa shape index (κ2) is 7.92. The SMILES string of the molecule is Cc1ccc(C(=O)N2CCC(OCCCN)CC2)c(Br)c1. The van der Waals surface area contributed by atoms with E-state index in [1.165, 1.54) is 0 Å². The molecule has 0 spiro atoms. The summed E-state index contributed by atoms with van der Waals surface area (Å²) in [7, 11) is 0. The van der Waals surface area contributed by atoms with Crippen molar-refractivity contribution in [3.05, 3.63) is 33.8 Å². The van der Waals surface area contributed by atoms with E-state index in [0.717, 1.165) is 54.6 Å². The molecule has 5 heteroatoms. The van der Waals surface area contributed by atoms with E-state index in [0.29, 0.717) is 6.54 Å². The first-order valence-electron chi connectivity index (χ1n) is 7.49. The lowest BCUT2D eigenvalue weighted by Crippen LogP contribution is -2.41. The number of hydrogen-bond donors (Lipinski definition) is 1. The van der Waals surface area contributed by atoms with Crippen molar-refractivity contribution in [2.75, 3.05) is 26.2 Å². The fourth-order valence-corrected chi connectivity index (χ4v) is 3.19. The maximum absolute atomic E-state index is 12.5. The van der Waals surface area contributed by atoms with Crippen LogP contribution < -0.4 is 5.73 Å². The molecule has 0 radical (unpaired) electrons. The number of amides is 1. The molecule has 4 nitrogen and oxygen atoms in total. The Morgan fingerprint density at radius 1 is 1.43 bits per heavy atom. The summed E-state index contributed by atoms with van der Waals surface area (Å²) in [4.78, 5) is 14.5. The van der Waals surface area contributed by atoms with E-state index in [1.54, 1.807) is 0 Å². The second-order valence-electron chi connectivity index (χ2n) is 5.49. The van der Waals surface area contributed by atoms with Crippen LogP contribution >= 0.6 is 15.9 Å². The highest BCUT2D eigenvalue weighted by molar-refractivity contribution is 9.10. The van der Waals surface area contributed by atoms with Crippen molar-refractivity contribution in [2.24, 2.45) is 5.73 Å². The van der Waals surface area contributed by atoms with Gasteiger partial charge in [-0.05, 0) is 66.4 Å². The Labute approximate surface area is 134 Å². The monoisotopic (exact) mass is 354 g/mol. The number of carbonyl (C=O) groups is 1. The molecule has 1 aromatic rings. The molecule has 2 N–H and O–H groups in total. The molecule has 0 bridgehead atoms. The number of piperidine rings is 1. The number of hydrogen-bond acceptors (Lipinski definition) is 3. The number of carbonyl (C=O) groups excluding carboxylic acids is 1. The Morgan fingerprint density at radius 2 is 2.14 bits per heavy atom. The van der Waals surface area contributed by atoms with Gasteiger partial charge in [0, 0.05) is 24.2 Å². The summed E-state index contributed by atoms with van der Waals surface area (Å²) >= 11 is 3.48. The van der Waals surface area contributed by atoms with Crippen LogP contribution in [0.2, 0.25) is 0 Å². The molecule has 0 saturated carbocycles. The zero-order chi connectivity index (χ0) is 15.2. The lowest BCUT2D eigenvalue weighted by atomic mass is 10.1. The van der Waals surface area contributed by atoms with Gasteiger partial charge in [0.1, 0.15) is 0 Å². The van der Waals surface area contributed by atoms with Crippen LogP contribution in [-0.2, 0) is 4.74 Å². The molecule has 1 heterocycles. The van der Waals surface area contributed by atoms with Crippen LogP contribution in [0.3, 0.4) is 0 Å². The van der Waals surface area contributed by atoms with E-state index < -0.39 is 0 Å². The van der Waals surface area contributed by atoms with E-state index in [2.05, 4.69) is 15.9 Å². The van der Waals surface area contributed by atoms with Gasteiger partial charge in [0.05, 0.1) is 11.7 Å². The zero-order valence-electron chi connectivity index (χ0n) is 12.5. The lowest BCUT2D eigenvalue weighted by Gasteiger charge is -2.32. The number of nitrogens with zero attached hydrogens (tertiary/aromatic N) is 1. The molecule has 0 aliphatic carbocycles. The van der Waals surface area contributed by atoms with Crippen LogP contribution in [0.1, 0.15) is 35.2 Å². The van der Waals surface area contributed by atoms with Crippen molar-refractivity contribution in [3.8, 4) is 0 Å². The van der Waals surface area contributed by atoms with Crippen molar-refractivity contribution in [1.82, 2.24) is 4.90 Å². The molecule has 1 aliphatic rings. The van der Waals surface area contributed by atoms with Crippen LogP contribution in [0.25, 0.3) is 0 Å². The smallest absolute Gasteiger partial charge is 0.255 e. The predicted molar refractivity (Wildman–Crippen MR) is 87.4 cm³/mol. The van der Waals surface area contributed by atoms with Crippen LogP contribution in [0.15, 0.2) is 22.7 Å². The maximum atomic E-state index is 12.5. The zero-order valence-corrected chi connectivity index (χ0v) is 14.1. The second-order valence-corrected chi connectivity index (χ2v) is 6.34. The number of halogens is 1. The van der Waals surface area contributed by atoms with Crippen LogP contribution in [0.5, 0.6) is 0 Å². The summed E-state index contributed by atoms with van der Waals surface area (Å²) in [6, 6.07) is 5.85. The molecule has 2 rings (SSSR count). The largest absolute Gasteiger partial charge is 0.378 e. The van der Waals surface area contributed by atoms with Gasteiger partial charge in [-0.3, -0.25) is 4.79 Å². The predicted octanol–water partition coefficient (Wildman–Crippen LogP) is 2.73. The van der Waals surface area contributed by atoms with Crippen LogP contribution in [0.4, 0.5) is 0 Å². The number of aryl methyl sites for hydroxylation is 1. The van der Waals surface area contributed by atoms with Crippen molar-refractivity contribution < 1.29 is 9.53 Å². The maximum Gasteiger partial charge on any atom is 0.255 e. The van der Waals surface area contributed by atoms with Gasteiger partial charge in [-0.25, -0.2) is 0 Å². The minimum atomic E-state index is 0.0993. The fourth-order valence-electron chi connectivity index (χ4n) is 2.52. The van der Waals surface area contributed by atoms with Crippen molar-refractivity contribution in [3.63, 3.8) is 0 Å². The van der Waals surface area contributed by atoms with Gasteiger partial charge in [-0.15, -0.1) is 0 Å². The first-order chi connectivity index (χ1) is 10.1. The standard InChI is InChI=1S/C16H23BrN2O2/c1-12-3-4-14(15(17)11-12)16(20)19-8-5-13(6-9-19)21-10-2-7-18/h3-4,11,13H,2,5-10,18H2,1H3. The first kappa shape index (κ1) is 16.5. The molecule has 1 fully saturated rings. The summed E-state index contributed by atoms with van der Waals surface area (Å²) in [6.45, 7) is 4.92. The Hall–Kier alpha value is -0.910. The summed E-state index contributed by atoms with van der Waals surface area (Å²) in [6.07, 6.45) is 2.97. The van der Waals surface area contributed by atoms with Gasteiger partial charge in [-0.2, -0.15) is 0 Å². The topological polar surface area (TPSA) is 55.6 Å². The minimum absolute atomic E-state index is 0.0993. The third kappa shape index (κ3) is 4.53. The van der Waals surface area contributed by atoms with Gasteiger partial charge in [0.2, 0.25) is 0 Å². The molecule has 1 aromatic carbocycles. The van der Waals surface area contributed by atoms with E-state index in [4.69, 9.17) is 10.5 Å². The normalized spacial score (nSPS) is 16.2. The average Bonchev–Trinajstić information content (AvgIpc) is 2.48. The number of benzene rings is 1. The molecule has 0 aromatic heterocycles. The molecule has 1 aliphatic heterocycles. The summed E-state index contributed by atoms with van der Waals surface area (Å²) in [5.41, 5.74) is 7.34. The minimum Gasteiger partial charge on any atom is -0.378 e. The molecule has 1 amide bonds. The Balaban J connectivity index is 1.88. The highest BCUT2D eigenvalue weighted by atomic mass is 79.9. The van der Waals surface area contributed by atoms with Gasteiger partial charge in [0.25, 0.3) is 5.91 Å². The van der Waals surface area contributed by atoms with Crippen LogP contribution in [-0.4, -0.2) is 43.2 Å². The molecular weight excluding hydrogens is 332 g/mol. The summed E-state index contributed by atoms with van der Waals surface area (Å²) in [5, 5.41) is 0. The Kier molecular flexibility index (Phi) is 6.21. The third-order valence-corrected chi connectivity index (χ3v) is 4.44. The van der Waals surface area contributed by atoms with Gasteiger partial charge in [0.15, 0.2) is 0 Å². The van der Waals surface area contributed by atoms with E-state index >= 15 is 0 Å². The fraction of sp³-hybridized carbons (Fsp3) is 0.562. The first-order valence-corrected chi connectivity index (χ1v) is 8.28. The highest BCUT2D eigenvalue weighted by Crippen LogP contribution is 2.22. The number of nitrogens with two attached hydrogens (primary N) is 1. The van der Waals surface area contributed by atoms with E-state index in [9.17, 15) is 4.79 Å². The lowest BCUT2D eigenvalue weighted by molar-refractivity contribution is 0.00842. The van der Waals surface area contributed by atoms with Gasteiger partial charge < -0.3 is 15.4 Å². The molecule has 116 valence electrons. The quantitative estimate of drug-likeness (QED) is 0.827. The summed E-state index contributed by atoms with van der Waals surface area (Å²) < 4.78 is 6.64. The van der Waals surface area contributed by atoms with Crippen molar-refractivity contribution in [2.45, 2.75) is 32.3 Å². The van der Waals surface area contributed by atoms with Crippen molar-refractivity contribution in [1.29, 1.82) is 0 Å². The molecule has 21 heavy (non-hydrogen) atoms. The number of ether oxygens (including phenoxy) is 1. The Bertz CT molecular complexity index is 485. The number of rotatable bonds is 5. The summed E-state index contributed by atoms with van der Waals surface area (Å²) in [5.74, 6) is 0.0993. The molecule has 0 unspecified atom stereocenters. The van der Waals surface area contributed by atoms with E-state index in [-0.39, 0.29) is 12.0 Å². The van der Waals surface area contributed by atoms with E-state index in [1.807, 2.05) is 30.0 Å². The highest BCUT2D eigenvalue weighted by Gasteiger charge is 2.24. The van der Waals surface area contributed by atoms with Crippen LogP contribution in [0, 0.1) is 6.92 Å². The number of likely N-dealkylation sites (tertiary alicyclic amines) is 1. The van der Waals surface area contributed by atoms with Crippen molar-refractivity contribution >= 4 is 21.8 Å². The van der Waals surface area contributed by atoms with Gasteiger partial charge >= 0.3 is 0 Å². The molecule has 1 saturated heterocycles. The third-order valence-electron chi connectivity index (χ3n) is 3.79. The molecular formula is C16H23BrN2O2. The molecule has 0 atom stereocenters.